The number of allylic oxidation sites excluding steroid dienone is 1. The third-order valence-corrected chi connectivity index (χ3v) is 5.08. The highest BCUT2D eigenvalue weighted by Gasteiger charge is 2.36. The largest absolute Gasteiger partial charge is 0.416 e. The third kappa shape index (κ3) is 2.92. The second-order valence-electron chi connectivity index (χ2n) is 5.90. The summed E-state index contributed by atoms with van der Waals surface area (Å²) in [6, 6.07) is 11.9. The van der Waals surface area contributed by atoms with Gasteiger partial charge in [0.1, 0.15) is 5.71 Å². The van der Waals surface area contributed by atoms with Crippen LogP contribution in [0.4, 0.5) is 24.5 Å². The number of hydrogen-bond donors (Lipinski definition) is 0. The number of amides is 1. The highest BCUT2D eigenvalue weighted by molar-refractivity contribution is 8.02. The number of benzene rings is 2. The average molecular weight is 374 g/mol. The average Bonchev–Trinajstić information content (AvgIpc) is 3.22. The van der Waals surface area contributed by atoms with Crippen LogP contribution in [0, 0.1) is 0 Å². The number of aliphatic imine (C=N–C) groups is 1. The smallest absolute Gasteiger partial charge is 0.278 e. The van der Waals surface area contributed by atoms with E-state index >= 15 is 0 Å². The zero-order valence-electron chi connectivity index (χ0n) is 13.5. The van der Waals surface area contributed by atoms with Crippen LogP contribution in [-0.2, 0) is 11.0 Å². The van der Waals surface area contributed by atoms with Crippen molar-refractivity contribution in [1.29, 1.82) is 0 Å². The molecule has 26 heavy (non-hydrogen) atoms. The quantitative estimate of drug-likeness (QED) is 0.728. The fraction of sp³-hybridized carbons (Fsp3) is 0.158. The maximum absolute atomic E-state index is 13.0. The Morgan fingerprint density at radius 3 is 2.62 bits per heavy atom. The summed E-state index contributed by atoms with van der Waals surface area (Å²) < 4.78 is 38.8. The lowest BCUT2D eigenvalue weighted by Gasteiger charge is -2.17. The van der Waals surface area contributed by atoms with Gasteiger partial charge in [0.15, 0.2) is 0 Å². The van der Waals surface area contributed by atoms with Crippen LogP contribution in [0.25, 0.3) is 0 Å². The molecule has 2 aliphatic rings. The molecule has 0 N–H and O–H groups in total. The number of hydrogen-bond acceptors (Lipinski definition) is 3. The van der Waals surface area contributed by atoms with Gasteiger partial charge in [-0.05, 0) is 36.1 Å². The summed E-state index contributed by atoms with van der Waals surface area (Å²) in [4.78, 5) is 18.8. The number of anilines is 1. The van der Waals surface area contributed by atoms with E-state index in [2.05, 4.69) is 4.99 Å². The van der Waals surface area contributed by atoms with Crippen LogP contribution in [0.1, 0.15) is 17.5 Å². The first-order valence-electron chi connectivity index (χ1n) is 7.95. The first-order chi connectivity index (χ1) is 12.4. The Morgan fingerprint density at radius 1 is 1.08 bits per heavy atom. The third-order valence-electron chi connectivity index (χ3n) is 4.20. The van der Waals surface area contributed by atoms with Crippen LogP contribution in [0.15, 0.2) is 64.6 Å². The molecular formula is C19H13F3N2OS. The van der Waals surface area contributed by atoms with Crippen LogP contribution >= 0.6 is 11.8 Å². The molecule has 0 saturated heterocycles. The van der Waals surface area contributed by atoms with Crippen LogP contribution in [0.3, 0.4) is 0 Å². The first-order valence-corrected chi connectivity index (χ1v) is 9.00. The van der Waals surface area contributed by atoms with Gasteiger partial charge in [-0.1, -0.05) is 24.3 Å². The van der Waals surface area contributed by atoms with Gasteiger partial charge in [-0.3, -0.25) is 9.69 Å². The number of alkyl halides is 3. The summed E-state index contributed by atoms with van der Waals surface area (Å²) in [6.07, 6.45) is -3.69. The van der Waals surface area contributed by atoms with Gasteiger partial charge < -0.3 is 0 Å². The molecule has 132 valence electrons. The van der Waals surface area contributed by atoms with E-state index in [0.717, 1.165) is 35.7 Å². The maximum atomic E-state index is 13.0. The van der Waals surface area contributed by atoms with Gasteiger partial charge in [0, 0.05) is 17.0 Å². The number of carbonyl (C=O) groups is 1. The second-order valence-corrected chi connectivity index (χ2v) is 6.87. The van der Waals surface area contributed by atoms with Crippen molar-refractivity contribution in [2.45, 2.75) is 12.6 Å². The molecule has 4 rings (SSSR count). The highest BCUT2D eigenvalue weighted by Crippen LogP contribution is 2.38. The molecule has 0 aromatic heterocycles. The van der Waals surface area contributed by atoms with Crippen molar-refractivity contribution < 1.29 is 18.0 Å². The van der Waals surface area contributed by atoms with E-state index in [1.54, 1.807) is 28.8 Å². The molecule has 0 saturated carbocycles. The van der Waals surface area contributed by atoms with Crippen molar-refractivity contribution in [1.82, 2.24) is 0 Å². The van der Waals surface area contributed by atoms with Crippen molar-refractivity contribution in [3.8, 4) is 0 Å². The highest BCUT2D eigenvalue weighted by atomic mass is 32.2. The van der Waals surface area contributed by atoms with Gasteiger partial charge >= 0.3 is 6.18 Å². The summed E-state index contributed by atoms with van der Waals surface area (Å²) in [7, 11) is 0. The number of rotatable bonds is 2. The molecular weight excluding hydrogens is 361 g/mol. The molecule has 0 bridgehead atoms. The van der Waals surface area contributed by atoms with E-state index in [-0.39, 0.29) is 17.3 Å². The van der Waals surface area contributed by atoms with Crippen LogP contribution in [-0.4, -0.2) is 17.4 Å². The van der Waals surface area contributed by atoms with Crippen LogP contribution < -0.4 is 4.90 Å². The van der Waals surface area contributed by atoms with E-state index in [1.165, 1.54) is 12.1 Å². The molecule has 3 nitrogen and oxygen atoms in total. The van der Waals surface area contributed by atoms with Gasteiger partial charge in [-0.15, -0.1) is 11.8 Å². The predicted octanol–water partition coefficient (Wildman–Crippen LogP) is 5.15. The van der Waals surface area contributed by atoms with Crippen molar-refractivity contribution >= 4 is 34.8 Å². The van der Waals surface area contributed by atoms with Gasteiger partial charge in [-0.2, -0.15) is 13.2 Å². The van der Waals surface area contributed by atoms with Gasteiger partial charge in [0.2, 0.25) is 0 Å². The molecule has 1 amide bonds. The minimum absolute atomic E-state index is 0.106. The Kier molecular flexibility index (Phi) is 4.11. The number of thioether (sulfide) groups is 1. The normalized spacial score (nSPS) is 18.4. The topological polar surface area (TPSA) is 32.7 Å². The molecule has 2 heterocycles. The summed E-state index contributed by atoms with van der Waals surface area (Å²) in [5, 5.41) is 1.95. The molecule has 0 aliphatic carbocycles. The Bertz CT molecular complexity index is 950. The number of fused-ring (bicyclic) bond motifs is 1. The SMILES string of the molecule is O=C1/C(=N\c2cccc(C(F)(F)F)c2)c2ccccc2N1C1=CSCC1. The Balaban J connectivity index is 1.80. The molecule has 0 spiro atoms. The van der Waals surface area contributed by atoms with Crippen LogP contribution in [0.5, 0.6) is 0 Å². The zero-order valence-corrected chi connectivity index (χ0v) is 14.3. The maximum Gasteiger partial charge on any atom is 0.416 e. The minimum atomic E-state index is -4.45. The Morgan fingerprint density at radius 2 is 1.88 bits per heavy atom. The standard InChI is InChI=1S/C19H13F3N2OS/c20-19(21,22)12-4-3-5-13(10-12)23-17-15-6-1-2-7-16(15)24(18(17)25)14-8-9-26-11-14/h1-7,10-11H,8-9H2/b23-17-. The molecule has 0 radical (unpaired) electrons. The van der Waals surface area contributed by atoms with Crippen LogP contribution in [0.2, 0.25) is 0 Å². The summed E-state index contributed by atoms with van der Waals surface area (Å²) >= 11 is 1.63. The predicted molar refractivity (Wildman–Crippen MR) is 96.7 cm³/mol. The summed E-state index contributed by atoms with van der Waals surface area (Å²) in [5.41, 5.74) is 1.73. The van der Waals surface area contributed by atoms with Crippen molar-refractivity contribution in [2.75, 3.05) is 10.7 Å². The zero-order chi connectivity index (χ0) is 18.3. The summed E-state index contributed by atoms with van der Waals surface area (Å²) in [6.45, 7) is 0. The van der Waals surface area contributed by atoms with Crippen molar-refractivity contribution in [2.24, 2.45) is 4.99 Å². The van der Waals surface area contributed by atoms with Crippen molar-refractivity contribution in [3.63, 3.8) is 0 Å². The van der Waals surface area contributed by atoms with Gasteiger partial charge in [0.05, 0.1) is 16.9 Å². The van der Waals surface area contributed by atoms with Gasteiger partial charge in [0.25, 0.3) is 5.91 Å². The molecule has 0 unspecified atom stereocenters. The molecule has 2 aromatic carbocycles. The Hall–Kier alpha value is -2.54. The molecule has 7 heteroatoms. The second kappa shape index (κ2) is 6.32. The fourth-order valence-corrected chi connectivity index (χ4v) is 3.88. The monoisotopic (exact) mass is 374 g/mol. The number of carbonyl (C=O) groups excluding carboxylic acids is 1. The minimum Gasteiger partial charge on any atom is -0.278 e. The summed E-state index contributed by atoms with van der Waals surface area (Å²) in [5.74, 6) is 0.596. The first kappa shape index (κ1) is 16.9. The molecule has 2 aliphatic heterocycles. The lowest BCUT2D eigenvalue weighted by molar-refractivity contribution is -0.137. The number of nitrogens with zero attached hydrogens (tertiary/aromatic N) is 2. The molecule has 0 fully saturated rings. The van der Waals surface area contributed by atoms with E-state index in [1.807, 2.05) is 17.5 Å². The fourth-order valence-electron chi connectivity index (χ4n) is 3.02. The van der Waals surface area contributed by atoms with Crippen molar-refractivity contribution in [3.05, 3.63) is 70.8 Å². The lowest BCUT2D eigenvalue weighted by Crippen LogP contribution is -2.28. The Labute approximate surface area is 152 Å². The molecule has 0 atom stereocenters. The lowest BCUT2D eigenvalue weighted by atomic mass is 10.1. The number of para-hydroxylation sites is 1. The van der Waals surface area contributed by atoms with E-state index in [9.17, 15) is 18.0 Å². The van der Waals surface area contributed by atoms with E-state index in [4.69, 9.17) is 0 Å². The number of halogens is 3. The van der Waals surface area contributed by atoms with E-state index in [0.29, 0.717) is 5.56 Å². The molecule has 2 aromatic rings. The van der Waals surface area contributed by atoms with E-state index < -0.39 is 11.7 Å². The van der Waals surface area contributed by atoms with Gasteiger partial charge in [-0.25, -0.2) is 4.99 Å².